The van der Waals surface area contributed by atoms with Gasteiger partial charge in [0.25, 0.3) is 0 Å². The van der Waals surface area contributed by atoms with Gasteiger partial charge < -0.3 is 34.6 Å². The lowest BCUT2D eigenvalue weighted by Gasteiger charge is -2.04. The molecular weight excluding hydrogens is 336 g/mol. The molecule has 150 valence electrons. The van der Waals surface area contributed by atoms with Crippen LogP contribution in [0.3, 0.4) is 0 Å². The van der Waals surface area contributed by atoms with Crippen molar-refractivity contribution in [1.82, 2.24) is 0 Å². The molecule has 0 fully saturated rings. The average Bonchev–Trinajstić information content (AvgIpc) is 2.57. The van der Waals surface area contributed by atoms with Crippen molar-refractivity contribution in [3.8, 4) is 0 Å². The Morgan fingerprint density at radius 1 is 0.560 bits per heavy atom. The number of carboxylic acids is 2. The van der Waals surface area contributed by atoms with Crippen LogP contribution in [0.25, 0.3) is 0 Å². The number of aliphatic hydroxyl groups is 2. The summed E-state index contributed by atoms with van der Waals surface area (Å²) in [6, 6.07) is 0. The fourth-order valence-corrected chi connectivity index (χ4v) is 1.58. The van der Waals surface area contributed by atoms with Crippen LogP contribution < -0.4 is 0 Å². The van der Waals surface area contributed by atoms with Crippen LogP contribution in [0.5, 0.6) is 0 Å². The summed E-state index contributed by atoms with van der Waals surface area (Å²) in [7, 11) is 0. The van der Waals surface area contributed by atoms with E-state index in [4.69, 9.17) is 34.6 Å². The van der Waals surface area contributed by atoms with Crippen molar-refractivity contribution in [1.29, 1.82) is 0 Å². The van der Waals surface area contributed by atoms with Gasteiger partial charge in [0.05, 0.1) is 52.9 Å². The first-order valence-electron chi connectivity index (χ1n) is 8.43. The highest BCUT2D eigenvalue weighted by Crippen LogP contribution is 2.04. The first-order valence-corrected chi connectivity index (χ1v) is 8.43. The molecule has 0 aromatic heterocycles. The molecule has 0 aliphatic carbocycles. The Morgan fingerprint density at radius 3 is 1.16 bits per heavy atom. The third-order valence-corrected chi connectivity index (χ3v) is 2.75. The molecule has 0 heterocycles. The van der Waals surface area contributed by atoms with Crippen molar-refractivity contribution in [2.45, 2.75) is 38.5 Å². The van der Waals surface area contributed by atoms with Gasteiger partial charge in [0.1, 0.15) is 0 Å². The largest absolute Gasteiger partial charge is 0.481 e. The zero-order valence-corrected chi connectivity index (χ0v) is 14.7. The number of hydrogen-bond acceptors (Lipinski definition) is 7. The molecule has 0 saturated carbocycles. The van der Waals surface area contributed by atoms with E-state index in [1.165, 1.54) is 0 Å². The summed E-state index contributed by atoms with van der Waals surface area (Å²) in [5.74, 6) is -1.57. The van der Waals surface area contributed by atoms with E-state index in [2.05, 4.69) is 0 Å². The third-order valence-electron chi connectivity index (χ3n) is 2.75. The molecule has 0 aromatic carbocycles. The molecule has 9 heteroatoms. The minimum atomic E-state index is -0.784. The first-order chi connectivity index (χ1) is 12.0. The van der Waals surface area contributed by atoms with Crippen molar-refractivity contribution in [3.05, 3.63) is 0 Å². The molecule has 0 saturated heterocycles. The Kier molecular flexibility index (Phi) is 23.6. The van der Waals surface area contributed by atoms with Crippen LogP contribution in [0.4, 0.5) is 0 Å². The molecule has 4 N–H and O–H groups in total. The van der Waals surface area contributed by atoms with Crippen molar-refractivity contribution in [2.24, 2.45) is 0 Å². The number of ether oxygens (including phenoxy) is 3. The second-order valence-electron chi connectivity index (χ2n) is 4.99. The van der Waals surface area contributed by atoms with Crippen molar-refractivity contribution >= 4 is 11.9 Å². The molecule has 0 unspecified atom stereocenters. The highest BCUT2D eigenvalue weighted by molar-refractivity contribution is 5.66. The molecule has 0 aromatic rings. The monoisotopic (exact) mass is 368 g/mol. The Bertz CT molecular complexity index is 269. The van der Waals surface area contributed by atoms with Crippen LogP contribution in [-0.4, -0.2) is 85.2 Å². The van der Waals surface area contributed by atoms with Crippen LogP contribution in [0.1, 0.15) is 38.5 Å². The molecule has 0 bridgehead atoms. The maximum absolute atomic E-state index is 10.0. The molecule has 25 heavy (non-hydrogen) atoms. The molecule has 0 aliphatic rings. The van der Waals surface area contributed by atoms with E-state index >= 15 is 0 Å². The van der Waals surface area contributed by atoms with Crippen molar-refractivity contribution in [3.63, 3.8) is 0 Å². The maximum atomic E-state index is 10.0. The fourth-order valence-electron chi connectivity index (χ4n) is 1.58. The Balaban J connectivity index is 0. The summed E-state index contributed by atoms with van der Waals surface area (Å²) in [6.07, 6.45) is 3.28. The van der Waals surface area contributed by atoms with E-state index in [1.54, 1.807) is 0 Å². The number of carbonyl (C=O) groups is 2. The van der Waals surface area contributed by atoms with Gasteiger partial charge in [0.15, 0.2) is 0 Å². The molecule has 0 spiro atoms. The van der Waals surface area contributed by atoms with Crippen molar-refractivity contribution in [2.75, 3.05) is 52.9 Å². The molecule has 0 atom stereocenters. The highest BCUT2D eigenvalue weighted by Gasteiger charge is 1.98. The summed E-state index contributed by atoms with van der Waals surface area (Å²) in [4.78, 5) is 20.1. The fraction of sp³-hybridized carbons (Fsp3) is 0.875. The topological polar surface area (TPSA) is 143 Å². The predicted molar refractivity (Wildman–Crippen MR) is 89.6 cm³/mol. The number of carboxylic acid groups (broad SMARTS) is 2. The van der Waals surface area contributed by atoms with Crippen LogP contribution in [0, 0.1) is 0 Å². The third kappa shape index (κ3) is 31.1. The van der Waals surface area contributed by atoms with E-state index in [0.717, 1.165) is 12.8 Å². The maximum Gasteiger partial charge on any atom is 0.303 e. The quantitative estimate of drug-likeness (QED) is 0.270. The standard InChI is InChI=1S/C8H18O5.C8H14O4/c9-1-3-11-5-7-13-8-6-12-4-2-10;9-7(10)5-3-1-2-4-6-8(11)12/h9-10H,1-8H2;1-6H2,(H,9,10)(H,11,12). The van der Waals surface area contributed by atoms with E-state index < -0.39 is 11.9 Å². The molecular formula is C16H32O9. The predicted octanol–water partition coefficient (Wildman–Crippen LogP) is 0.517. The van der Waals surface area contributed by atoms with Crippen LogP contribution in [0.2, 0.25) is 0 Å². The normalized spacial score (nSPS) is 10.2. The second-order valence-corrected chi connectivity index (χ2v) is 4.99. The van der Waals surface area contributed by atoms with Crippen LogP contribution in [-0.2, 0) is 23.8 Å². The van der Waals surface area contributed by atoms with Gasteiger partial charge in [-0.05, 0) is 12.8 Å². The van der Waals surface area contributed by atoms with Crippen LogP contribution >= 0.6 is 0 Å². The average molecular weight is 368 g/mol. The minimum Gasteiger partial charge on any atom is -0.481 e. The molecule has 0 aliphatic heterocycles. The Labute approximate surface area is 148 Å². The van der Waals surface area contributed by atoms with E-state index in [-0.39, 0.29) is 26.1 Å². The summed E-state index contributed by atoms with van der Waals surface area (Å²) < 4.78 is 15.0. The van der Waals surface area contributed by atoms with Crippen LogP contribution in [0.15, 0.2) is 0 Å². The van der Waals surface area contributed by atoms with Crippen molar-refractivity contribution < 1.29 is 44.2 Å². The number of aliphatic carboxylic acids is 2. The Morgan fingerprint density at radius 2 is 0.880 bits per heavy atom. The van der Waals surface area contributed by atoms with Gasteiger partial charge in [0, 0.05) is 12.8 Å². The van der Waals surface area contributed by atoms with E-state index in [1.807, 2.05) is 0 Å². The minimum absolute atomic E-state index is 0.0413. The number of aliphatic hydroxyl groups excluding tert-OH is 2. The van der Waals surface area contributed by atoms with Gasteiger partial charge in [0.2, 0.25) is 0 Å². The summed E-state index contributed by atoms with van der Waals surface area (Å²) >= 11 is 0. The molecule has 9 nitrogen and oxygen atoms in total. The first kappa shape index (κ1) is 26.0. The number of hydrogen-bond donors (Lipinski definition) is 4. The van der Waals surface area contributed by atoms with Gasteiger partial charge in [-0.3, -0.25) is 9.59 Å². The Hall–Kier alpha value is -1.26. The number of unbranched alkanes of at least 4 members (excludes halogenated alkanes) is 3. The van der Waals surface area contributed by atoms with Gasteiger partial charge in [-0.1, -0.05) is 12.8 Å². The van der Waals surface area contributed by atoms with Gasteiger partial charge in [-0.15, -0.1) is 0 Å². The summed E-state index contributed by atoms with van der Waals surface area (Å²) in [5, 5.41) is 33.2. The molecule has 0 rings (SSSR count). The lowest BCUT2D eigenvalue weighted by molar-refractivity contribution is -0.138. The van der Waals surface area contributed by atoms with E-state index in [0.29, 0.717) is 52.5 Å². The summed E-state index contributed by atoms with van der Waals surface area (Å²) in [5.41, 5.74) is 0. The zero-order valence-electron chi connectivity index (χ0n) is 14.7. The highest BCUT2D eigenvalue weighted by atomic mass is 16.5. The molecule has 0 radical (unpaired) electrons. The SMILES string of the molecule is O=C(O)CCCCCCC(=O)O.OCCOCCOCCOCCO. The molecule has 0 amide bonds. The van der Waals surface area contributed by atoms with Gasteiger partial charge in [-0.2, -0.15) is 0 Å². The zero-order chi connectivity index (χ0) is 19.2. The number of rotatable bonds is 17. The second kappa shape index (κ2) is 22.7. The summed E-state index contributed by atoms with van der Waals surface area (Å²) in [6.45, 7) is 2.76. The lowest BCUT2D eigenvalue weighted by atomic mass is 10.1. The van der Waals surface area contributed by atoms with Gasteiger partial charge in [-0.25, -0.2) is 0 Å². The smallest absolute Gasteiger partial charge is 0.303 e. The van der Waals surface area contributed by atoms with E-state index in [9.17, 15) is 9.59 Å². The van der Waals surface area contributed by atoms with Gasteiger partial charge >= 0.3 is 11.9 Å². The lowest BCUT2D eigenvalue weighted by Crippen LogP contribution is -2.11.